The minimum atomic E-state index is -3.75. The Labute approximate surface area is 144 Å². The van der Waals surface area contributed by atoms with Crippen molar-refractivity contribution < 1.29 is 17.7 Å². The first-order chi connectivity index (χ1) is 11.1. The number of primary sulfonamides is 1. The maximum Gasteiger partial charge on any atom is 0.462 e. The van der Waals surface area contributed by atoms with Crippen LogP contribution in [0.5, 0.6) is 0 Å². The largest absolute Gasteiger partial charge is 0.462 e. The van der Waals surface area contributed by atoms with Crippen molar-refractivity contribution in [1.82, 2.24) is 0 Å². The molecule has 1 heterocycles. The Kier molecular flexibility index (Phi) is 3.50. The molecule has 5 rings (SSSR count). The average Bonchev–Trinajstić information content (AvgIpc) is 2.81. The molecular weight excluding hydrogens is 325 g/mol. The van der Waals surface area contributed by atoms with Crippen LogP contribution in [-0.2, 0) is 25.7 Å². The van der Waals surface area contributed by atoms with Gasteiger partial charge < -0.3 is 9.31 Å². The van der Waals surface area contributed by atoms with Gasteiger partial charge in [-0.25, -0.2) is 13.6 Å². The number of benzene rings is 1. The van der Waals surface area contributed by atoms with Crippen molar-refractivity contribution in [2.24, 2.45) is 22.4 Å². The standard InChI is InChI=1S/C17H24BNO4S/c1-16(2)12-8-14(16)17(3)15(9-12)22-18(23-17)10-11-6-4-5-7-13(11)24(19,20)21/h4-7,12,14-15H,8-10H2,1-3H3,(H2,19,20,21)/t12-,14-,15+,17-/m0/s1. The maximum atomic E-state index is 11.8. The fourth-order valence-corrected chi connectivity index (χ4v) is 5.95. The monoisotopic (exact) mass is 349 g/mol. The summed E-state index contributed by atoms with van der Waals surface area (Å²) in [4.78, 5) is 0.154. The van der Waals surface area contributed by atoms with Crippen molar-refractivity contribution in [3.05, 3.63) is 29.8 Å². The molecule has 24 heavy (non-hydrogen) atoms. The second kappa shape index (κ2) is 5.07. The molecule has 4 fully saturated rings. The van der Waals surface area contributed by atoms with Gasteiger partial charge in [-0.3, -0.25) is 0 Å². The first-order valence-corrected chi connectivity index (χ1v) is 10.1. The molecule has 7 heteroatoms. The summed E-state index contributed by atoms with van der Waals surface area (Å²) >= 11 is 0. The summed E-state index contributed by atoms with van der Waals surface area (Å²) in [5, 5.41) is 5.33. The third kappa shape index (κ3) is 2.29. The van der Waals surface area contributed by atoms with Gasteiger partial charge in [0, 0.05) is 6.32 Å². The lowest BCUT2D eigenvalue weighted by Crippen LogP contribution is -2.65. The van der Waals surface area contributed by atoms with Crippen molar-refractivity contribution >= 4 is 17.1 Å². The van der Waals surface area contributed by atoms with Gasteiger partial charge in [-0.1, -0.05) is 32.0 Å². The van der Waals surface area contributed by atoms with E-state index in [0.29, 0.717) is 29.1 Å². The Morgan fingerprint density at radius 2 is 1.96 bits per heavy atom. The lowest BCUT2D eigenvalue weighted by molar-refractivity contribution is -0.199. The highest BCUT2D eigenvalue weighted by Crippen LogP contribution is 2.65. The lowest BCUT2D eigenvalue weighted by Gasteiger charge is -2.64. The first-order valence-electron chi connectivity index (χ1n) is 8.56. The van der Waals surface area contributed by atoms with Gasteiger partial charge in [-0.05, 0) is 48.6 Å². The third-order valence-corrected chi connectivity index (χ3v) is 7.68. The molecule has 1 aromatic carbocycles. The predicted octanol–water partition coefficient (Wildman–Crippen LogP) is 2.14. The van der Waals surface area contributed by atoms with E-state index in [-0.39, 0.29) is 16.6 Å². The molecule has 4 atom stereocenters. The molecule has 1 aromatic rings. The van der Waals surface area contributed by atoms with E-state index >= 15 is 0 Å². The fraction of sp³-hybridized carbons (Fsp3) is 0.647. The highest BCUT2D eigenvalue weighted by Gasteiger charge is 2.67. The van der Waals surface area contributed by atoms with Gasteiger partial charge >= 0.3 is 7.12 Å². The van der Waals surface area contributed by atoms with Crippen LogP contribution in [0, 0.1) is 17.3 Å². The van der Waals surface area contributed by atoms with Crippen LogP contribution in [0.25, 0.3) is 0 Å². The van der Waals surface area contributed by atoms with Gasteiger partial charge in [0.25, 0.3) is 0 Å². The van der Waals surface area contributed by atoms with E-state index in [1.54, 1.807) is 12.1 Å². The zero-order valence-corrected chi connectivity index (χ0v) is 15.2. The van der Waals surface area contributed by atoms with E-state index in [1.165, 1.54) is 12.5 Å². The minimum Gasteiger partial charge on any atom is -0.405 e. The molecule has 2 N–H and O–H groups in total. The SMILES string of the molecule is CC1(C)[C@@H]2C[C@H]3OB(Cc4ccccc4S(N)(=O)=O)O[C@@]3(C)[C@H]1C2. The summed E-state index contributed by atoms with van der Waals surface area (Å²) in [5.74, 6) is 1.19. The van der Waals surface area contributed by atoms with Crippen LogP contribution >= 0.6 is 0 Å². The summed E-state index contributed by atoms with van der Waals surface area (Å²) in [6.45, 7) is 6.80. The Morgan fingerprint density at radius 1 is 1.25 bits per heavy atom. The quantitative estimate of drug-likeness (QED) is 0.848. The van der Waals surface area contributed by atoms with Gasteiger partial charge in [0.1, 0.15) is 0 Å². The van der Waals surface area contributed by atoms with Gasteiger partial charge in [0.2, 0.25) is 10.0 Å². The third-order valence-electron chi connectivity index (χ3n) is 6.67. The zero-order valence-electron chi connectivity index (χ0n) is 14.4. The van der Waals surface area contributed by atoms with Gasteiger partial charge in [-0.2, -0.15) is 0 Å². The van der Waals surface area contributed by atoms with Crippen molar-refractivity contribution in [2.75, 3.05) is 0 Å². The summed E-state index contributed by atoms with van der Waals surface area (Å²) in [6, 6.07) is 6.81. The zero-order chi connectivity index (χ0) is 17.3. The maximum absolute atomic E-state index is 11.8. The second-order valence-corrected chi connectivity index (χ2v) is 9.78. The molecule has 0 amide bonds. The normalized spacial score (nSPS) is 37.0. The second-order valence-electron chi connectivity index (χ2n) is 8.26. The van der Waals surface area contributed by atoms with E-state index in [4.69, 9.17) is 14.4 Å². The highest BCUT2D eigenvalue weighted by atomic mass is 32.2. The molecule has 0 aromatic heterocycles. The Morgan fingerprint density at radius 3 is 2.62 bits per heavy atom. The number of hydrogen-bond acceptors (Lipinski definition) is 4. The lowest BCUT2D eigenvalue weighted by atomic mass is 9.43. The van der Waals surface area contributed by atoms with Crippen LogP contribution < -0.4 is 5.14 Å². The number of hydrogen-bond donors (Lipinski definition) is 1. The molecule has 3 aliphatic carbocycles. The van der Waals surface area contributed by atoms with Crippen LogP contribution in [0.15, 0.2) is 29.2 Å². The Balaban J connectivity index is 1.57. The van der Waals surface area contributed by atoms with Crippen LogP contribution in [0.3, 0.4) is 0 Å². The number of nitrogens with two attached hydrogens (primary N) is 1. The van der Waals surface area contributed by atoms with E-state index in [0.717, 1.165) is 6.42 Å². The van der Waals surface area contributed by atoms with Crippen molar-refractivity contribution in [3.63, 3.8) is 0 Å². The van der Waals surface area contributed by atoms with Gasteiger partial charge in [0.15, 0.2) is 0 Å². The van der Waals surface area contributed by atoms with Crippen LogP contribution in [-0.4, -0.2) is 27.2 Å². The van der Waals surface area contributed by atoms with Crippen LogP contribution in [0.1, 0.15) is 39.2 Å². The molecule has 0 spiro atoms. The highest BCUT2D eigenvalue weighted by molar-refractivity contribution is 7.89. The van der Waals surface area contributed by atoms with Crippen molar-refractivity contribution in [1.29, 1.82) is 0 Å². The summed E-state index contributed by atoms with van der Waals surface area (Å²) in [6.07, 6.45) is 2.72. The van der Waals surface area contributed by atoms with Crippen molar-refractivity contribution in [2.45, 2.75) is 56.5 Å². The molecule has 2 bridgehead atoms. The van der Waals surface area contributed by atoms with E-state index in [2.05, 4.69) is 20.8 Å². The molecule has 130 valence electrons. The van der Waals surface area contributed by atoms with Crippen LogP contribution in [0.4, 0.5) is 0 Å². The molecule has 0 radical (unpaired) electrons. The topological polar surface area (TPSA) is 78.6 Å². The predicted molar refractivity (Wildman–Crippen MR) is 91.6 cm³/mol. The summed E-state index contributed by atoms with van der Waals surface area (Å²) < 4.78 is 36.1. The molecule has 4 aliphatic rings. The molecule has 1 aliphatic heterocycles. The number of sulfonamides is 1. The number of rotatable bonds is 3. The molecule has 1 saturated heterocycles. The Bertz CT molecular complexity index is 781. The molecule has 5 nitrogen and oxygen atoms in total. The van der Waals surface area contributed by atoms with Gasteiger partial charge in [-0.15, -0.1) is 0 Å². The summed E-state index contributed by atoms with van der Waals surface area (Å²) in [5.41, 5.74) is 0.667. The molecule has 0 unspecified atom stereocenters. The fourth-order valence-electron chi connectivity index (χ4n) is 5.17. The first kappa shape index (κ1) is 16.6. The summed E-state index contributed by atoms with van der Waals surface area (Å²) in [7, 11) is -4.17. The van der Waals surface area contributed by atoms with E-state index in [1.807, 2.05) is 6.07 Å². The molecular formula is C17H24BNO4S. The molecule has 3 saturated carbocycles. The smallest absolute Gasteiger partial charge is 0.405 e. The van der Waals surface area contributed by atoms with Crippen molar-refractivity contribution in [3.8, 4) is 0 Å². The van der Waals surface area contributed by atoms with E-state index < -0.39 is 17.1 Å². The van der Waals surface area contributed by atoms with E-state index in [9.17, 15) is 8.42 Å². The van der Waals surface area contributed by atoms with Crippen LogP contribution in [0.2, 0.25) is 0 Å². The average molecular weight is 349 g/mol. The minimum absolute atomic E-state index is 0.0981. The van der Waals surface area contributed by atoms with Gasteiger partial charge in [0.05, 0.1) is 16.6 Å². The Hall–Kier alpha value is -0.885.